The molecule has 0 aliphatic heterocycles. The Morgan fingerprint density at radius 2 is 1.80 bits per heavy atom. The summed E-state index contributed by atoms with van der Waals surface area (Å²) in [5, 5.41) is 4.06. The molecule has 30 heavy (non-hydrogen) atoms. The zero-order valence-electron chi connectivity index (χ0n) is 18.1. The molecular formula is C24H29N3O2S. The second kappa shape index (κ2) is 9.85. The van der Waals surface area contributed by atoms with Crippen molar-refractivity contribution in [2.24, 2.45) is 0 Å². The van der Waals surface area contributed by atoms with Gasteiger partial charge in [-0.25, -0.2) is 0 Å². The molecule has 0 aliphatic carbocycles. The van der Waals surface area contributed by atoms with Crippen LogP contribution in [0, 0.1) is 13.8 Å². The number of nitrogens with zero attached hydrogens (tertiary/aromatic N) is 2. The number of carbonyl (C=O) groups is 2. The molecule has 2 amide bonds. The Balaban J connectivity index is 1.73. The summed E-state index contributed by atoms with van der Waals surface area (Å²) in [6.07, 6.45) is 1.99. The fraction of sp³-hybridized carbons (Fsp3) is 0.333. The Morgan fingerprint density at radius 3 is 2.50 bits per heavy atom. The van der Waals surface area contributed by atoms with E-state index in [0.717, 1.165) is 27.0 Å². The first kappa shape index (κ1) is 22.0. The maximum Gasteiger partial charge on any atom is 0.242 e. The summed E-state index contributed by atoms with van der Waals surface area (Å²) >= 11 is 1.50. The third-order valence-corrected chi connectivity index (χ3v) is 6.23. The van der Waals surface area contributed by atoms with E-state index in [4.69, 9.17) is 0 Å². The lowest BCUT2D eigenvalue weighted by Gasteiger charge is -2.19. The Morgan fingerprint density at radius 1 is 1.07 bits per heavy atom. The molecule has 0 fully saturated rings. The maximum atomic E-state index is 12.6. The van der Waals surface area contributed by atoms with Crippen molar-refractivity contribution in [3.63, 3.8) is 0 Å². The lowest BCUT2D eigenvalue weighted by molar-refractivity contribution is -0.131. The fourth-order valence-electron chi connectivity index (χ4n) is 3.56. The summed E-state index contributed by atoms with van der Waals surface area (Å²) in [5.41, 5.74) is 4.08. The highest BCUT2D eigenvalue weighted by Gasteiger charge is 2.15. The van der Waals surface area contributed by atoms with Crippen molar-refractivity contribution in [3.05, 3.63) is 59.8 Å². The minimum absolute atomic E-state index is 0.0389. The van der Waals surface area contributed by atoms with E-state index >= 15 is 0 Å². The van der Waals surface area contributed by atoms with Gasteiger partial charge < -0.3 is 14.8 Å². The normalized spacial score (nSPS) is 10.9. The number of fused-ring (bicyclic) bond motifs is 1. The van der Waals surface area contributed by atoms with Gasteiger partial charge in [0.25, 0.3) is 0 Å². The molecule has 0 spiro atoms. The zero-order chi connectivity index (χ0) is 21.7. The van der Waals surface area contributed by atoms with Crippen LogP contribution in [0.3, 0.4) is 0 Å². The maximum absolute atomic E-state index is 12.6. The molecule has 0 atom stereocenters. The average molecular weight is 424 g/mol. The first-order valence-electron chi connectivity index (χ1n) is 10.3. The summed E-state index contributed by atoms with van der Waals surface area (Å²) < 4.78 is 1.99. The Bertz CT molecular complexity index is 1050. The number of aryl methyl sites for hydroxylation is 2. The number of anilines is 1. The summed E-state index contributed by atoms with van der Waals surface area (Å²) in [4.78, 5) is 27.9. The van der Waals surface area contributed by atoms with Gasteiger partial charge in [0.05, 0.1) is 5.75 Å². The van der Waals surface area contributed by atoms with Crippen LogP contribution in [0.15, 0.2) is 53.6 Å². The predicted molar refractivity (Wildman–Crippen MR) is 125 cm³/mol. The zero-order valence-corrected chi connectivity index (χ0v) is 18.9. The van der Waals surface area contributed by atoms with Crippen LogP contribution in [0.25, 0.3) is 10.9 Å². The lowest BCUT2D eigenvalue weighted by atomic mass is 10.1. The number of likely N-dealkylation sites (N-methyl/N-ethyl adjacent to an activating group) is 1. The van der Waals surface area contributed by atoms with Gasteiger partial charge in [-0.05, 0) is 45.4 Å². The van der Waals surface area contributed by atoms with Crippen molar-refractivity contribution in [1.29, 1.82) is 0 Å². The Kier molecular flexibility index (Phi) is 7.21. The van der Waals surface area contributed by atoms with Crippen molar-refractivity contribution in [3.8, 4) is 0 Å². The van der Waals surface area contributed by atoms with Crippen LogP contribution in [0.4, 0.5) is 5.69 Å². The van der Waals surface area contributed by atoms with E-state index in [2.05, 4.69) is 11.4 Å². The molecule has 3 aromatic rings. The summed E-state index contributed by atoms with van der Waals surface area (Å²) in [5.74, 6) is 0.374. The molecule has 0 saturated carbocycles. The highest BCUT2D eigenvalue weighted by Crippen LogP contribution is 2.30. The van der Waals surface area contributed by atoms with Gasteiger partial charge in [-0.2, -0.15) is 0 Å². The molecule has 6 heteroatoms. The molecule has 1 aromatic heterocycles. The van der Waals surface area contributed by atoms with E-state index in [1.54, 1.807) is 0 Å². The molecule has 158 valence electrons. The topological polar surface area (TPSA) is 54.3 Å². The van der Waals surface area contributed by atoms with E-state index < -0.39 is 0 Å². The lowest BCUT2D eigenvalue weighted by Crippen LogP contribution is -2.33. The van der Waals surface area contributed by atoms with Crippen molar-refractivity contribution < 1.29 is 9.59 Å². The third kappa shape index (κ3) is 5.05. The molecule has 5 nitrogen and oxygen atoms in total. The van der Waals surface area contributed by atoms with Gasteiger partial charge in [-0.15, -0.1) is 11.8 Å². The van der Waals surface area contributed by atoms with Gasteiger partial charge >= 0.3 is 0 Å². The van der Waals surface area contributed by atoms with Crippen LogP contribution in [0.5, 0.6) is 0 Å². The van der Waals surface area contributed by atoms with E-state index in [1.807, 2.05) is 79.8 Å². The van der Waals surface area contributed by atoms with Crippen molar-refractivity contribution in [1.82, 2.24) is 9.47 Å². The minimum atomic E-state index is -0.0389. The van der Waals surface area contributed by atoms with Crippen LogP contribution >= 0.6 is 11.8 Å². The fourth-order valence-corrected chi connectivity index (χ4v) is 4.45. The van der Waals surface area contributed by atoms with E-state index in [0.29, 0.717) is 25.4 Å². The molecule has 2 aromatic carbocycles. The van der Waals surface area contributed by atoms with Crippen LogP contribution in [-0.4, -0.2) is 40.1 Å². The van der Waals surface area contributed by atoms with Gasteiger partial charge in [0.2, 0.25) is 11.8 Å². The Hall–Kier alpha value is -2.73. The van der Waals surface area contributed by atoms with Crippen molar-refractivity contribution in [2.45, 2.75) is 39.1 Å². The van der Waals surface area contributed by atoms with Gasteiger partial charge in [-0.3, -0.25) is 9.59 Å². The number of thioether (sulfide) groups is 1. The highest BCUT2D eigenvalue weighted by molar-refractivity contribution is 8.00. The number of rotatable bonds is 8. The number of amides is 2. The van der Waals surface area contributed by atoms with Crippen molar-refractivity contribution >= 4 is 40.2 Å². The molecule has 1 heterocycles. The van der Waals surface area contributed by atoms with E-state index in [-0.39, 0.29) is 11.8 Å². The van der Waals surface area contributed by atoms with Gasteiger partial charge in [0.15, 0.2) is 0 Å². The number of nitrogens with one attached hydrogen (secondary N) is 1. The second-order valence-corrected chi connectivity index (χ2v) is 8.38. The molecule has 0 radical (unpaired) electrons. The van der Waals surface area contributed by atoms with Crippen molar-refractivity contribution in [2.75, 3.05) is 24.2 Å². The molecule has 1 N–H and O–H groups in total. The minimum Gasteiger partial charge on any atom is -0.342 e. The Labute approximate surface area is 182 Å². The van der Waals surface area contributed by atoms with Gasteiger partial charge in [0, 0.05) is 40.8 Å². The van der Waals surface area contributed by atoms with Crippen LogP contribution in [0.2, 0.25) is 0 Å². The summed E-state index contributed by atoms with van der Waals surface area (Å²) in [6.45, 7) is 9.72. The first-order chi connectivity index (χ1) is 14.4. The smallest absolute Gasteiger partial charge is 0.242 e. The SMILES string of the molecule is CCN(CC)C(=O)Cn1cc(SCC(=O)Nc2ccc(C)cc2C)c2ccccc21. The molecule has 0 bridgehead atoms. The molecule has 0 unspecified atom stereocenters. The van der Waals surface area contributed by atoms with Crippen LogP contribution in [0.1, 0.15) is 25.0 Å². The van der Waals surface area contributed by atoms with Crippen LogP contribution in [-0.2, 0) is 16.1 Å². The van der Waals surface area contributed by atoms with E-state index in [1.165, 1.54) is 17.3 Å². The number of benzene rings is 2. The molecule has 0 aliphatic rings. The number of para-hydroxylation sites is 1. The molecule has 0 saturated heterocycles. The summed E-state index contributed by atoms with van der Waals surface area (Å²) in [7, 11) is 0. The average Bonchev–Trinajstić information content (AvgIpc) is 3.07. The summed E-state index contributed by atoms with van der Waals surface area (Å²) in [6, 6.07) is 14.0. The monoisotopic (exact) mass is 423 g/mol. The highest BCUT2D eigenvalue weighted by atomic mass is 32.2. The quantitative estimate of drug-likeness (QED) is 0.527. The van der Waals surface area contributed by atoms with Gasteiger partial charge in [0.1, 0.15) is 6.54 Å². The first-order valence-corrected chi connectivity index (χ1v) is 11.3. The second-order valence-electron chi connectivity index (χ2n) is 7.36. The number of hydrogen-bond acceptors (Lipinski definition) is 3. The van der Waals surface area contributed by atoms with Crippen LogP contribution < -0.4 is 5.32 Å². The number of aromatic nitrogens is 1. The van der Waals surface area contributed by atoms with Gasteiger partial charge in [-0.1, -0.05) is 35.9 Å². The largest absolute Gasteiger partial charge is 0.342 e. The molecular weight excluding hydrogens is 394 g/mol. The number of hydrogen-bond donors (Lipinski definition) is 1. The predicted octanol–water partition coefficient (Wildman–Crippen LogP) is 4.86. The standard InChI is InChI=1S/C24H29N3O2S/c1-5-26(6-2)24(29)15-27-14-22(19-9-7-8-10-21(19)27)30-16-23(28)25-20-12-11-17(3)13-18(20)4/h7-14H,5-6,15-16H2,1-4H3,(H,25,28). The number of carbonyl (C=O) groups excluding carboxylic acids is 2. The van der Waals surface area contributed by atoms with E-state index in [9.17, 15) is 9.59 Å². The molecule has 3 rings (SSSR count). The third-order valence-electron chi connectivity index (χ3n) is 5.19.